The Morgan fingerprint density at radius 2 is 2.00 bits per heavy atom. The van der Waals surface area contributed by atoms with Gasteiger partial charge in [0.15, 0.2) is 0 Å². The van der Waals surface area contributed by atoms with Crippen LogP contribution in [0.3, 0.4) is 0 Å². The highest BCUT2D eigenvalue weighted by molar-refractivity contribution is 7.99. The lowest BCUT2D eigenvalue weighted by Crippen LogP contribution is -2.38. The number of hydrogen-bond donors (Lipinski definition) is 2. The number of nitrogens with one attached hydrogen (secondary N) is 1. The van der Waals surface area contributed by atoms with Gasteiger partial charge in [0.05, 0.1) is 0 Å². The number of benzene rings is 2. The van der Waals surface area contributed by atoms with Crippen LogP contribution in [0.2, 0.25) is 10.0 Å². The monoisotopic (exact) mass is 344 g/mol. The number of hydrazine groups is 1. The lowest BCUT2D eigenvalue weighted by Gasteiger charge is -2.16. The van der Waals surface area contributed by atoms with Crippen LogP contribution < -0.4 is 11.3 Å². The van der Waals surface area contributed by atoms with E-state index in [4.69, 9.17) is 29.0 Å². The van der Waals surface area contributed by atoms with Crippen molar-refractivity contribution in [1.82, 2.24) is 5.43 Å². The fraction of sp³-hybridized carbons (Fsp3) is 0.200. The van der Waals surface area contributed by atoms with E-state index in [0.29, 0.717) is 22.2 Å². The summed E-state index contributed by atoms with van der Waals surface area (Å²) in [4.78, 5) is 0.873. The average Bonchev–Trinajstić information content (AvgIpc) is 2.45. The fourth-order valence-electron chi connectivity index (χ4n) is 1.87. The molecule has 0 heterocycles. The maximum Gasteiger partial charge on any atom is 0.124 e. The van der Waals surface area contributed by atoms with Crippen LogP contribution >= 0.6 is 35.0 Å². The molecular formula is C15H15Cl2FN2S. The summed E-state index contributed by atoms with van der Waals surface area (Å²) in [7, 11) is 0. The Morgan fingerprint density at radius 1 is 1.19 bits per heavy atom. The van der Waals surface area contributed by atoms with Crippen LogP contribution in [0, 0.1) is 5.82 Å². The van der Waals surface area contributed by atoms with E-state index >= 15 is 0 Å². The minimum Gasteiger partial charge on any atom is -0.271 e. The zero-order valence-electron chi connectivity index (χ0n) is 11.2. The number of hydrogen-bond acceptors (Lipinski definition) is 3. The van der Waals surface area contributed by atoms with E-state index in [9.17, 15) is 4.39 Å². The minimum atomic E-state index is -0.238. The first-order chi connectivity index (χ1) is 10.1. The molecule has 0 radical (unpaired) electrons. The first kappa shape index (κ1) is 16.6. The van der Waals surface area contributed by atoms with Crippen LogP contribution in [0.1, 0.15) is 5.56 Å². The quantitative estimate of drug-likeness (QED) is 0.466. The Morgan fingerprint density at radius 3 is 2.67 bits per heavy atom. The van der Waals surface area contributed by atoms with Crippen molar-refractivity contribution in [2.24, 2.45) is 5.84 Å². The van der Waals surface area contributed by atoms with Crippen molar-refractivity contribution < 1.29 is 4.39 Å². The number of thioether (sulfide) groups is 1. The predicted octanol–water partition coefficient (Wildman–Crippen LogP) is 4.30. The normalized spacial score (nSPS) is 12.4. The van der Waals surface area contributed by atoms with Crippen molar-refractivity contribution in [3.05, 3.63) is 63.9 Å². The van der Waals surface area contributed by atoms with E-state index < -0.39 is 0 Å². The molecule has 0 saturated carbocycles. The smallest absolute Gasteiger partial charge is 0.124 e. The van der Waals surface area contributed by atoms with Crippen LogP contribution in [-0.2, 0) is 6.42 Å². The third-order valence-electron chi connectivity index (χ3n) is 2.96. The van der Waals surface area contributed by atoms with E-state index in [2.05, 4.69) is 5.43 Å². The van der Waals surface area contributed by atoms with Crippen LogP contribution in [0.15, 0.2) is 47.4 Å². The molecule has 0 spiro atoms. The lowest BCUT2D eigenvalue weighted by molar-refractivity contribution is 0.575. The second-order valence-corrected chi connectivity index (χ2v) is 6.51. The van der Waals surface area contributed by atoms with Gasteiger partial charge < -0.3 is 0 Å². The molecule has 0 aliphatic heterocycles. The van der Waals surface area contributed by atoms with Gasteiger partial charge in [-0.1, -0.05) is 35.3 Å². The van der Waals surface area contributed by atoms with Crippen molar-refractivity contribution in [1.29, 1.82) is 0 Å². The third-order valence-corrected chi connectivity index (χ3v) is 4.71. The molecule has 0 saturated heterocycles. The van der Waals surface area contributed by atoms with Crippen molar-refractivity contribution in [3.8, 4) is 0 Å². The molecule has 6 heteroatoms. The molecule has 112 valence electrons. The average molecular weight is 345 g/mol. The van der Waals surface area contributed by atoms with Gasteiger partial charge in [-0.3, -0.25) is 11.3 Å². The number of rotatable bonds is 6. The maximum atomic E-state index is 13.1. The van der Waals surface area contributed by atoms with Gasteiger partial charge in [-0.15, -0.1) is 11.8 Å². The van der Waals surface area contributed by atoms with Gasteiger partial charge in [0.1, 0.15) is 5.82 Å². The molecule has 3 N–H and O–H groups in total. The number of halogens is 3. The van der Waals surface area contributed by atoms with Crippen LogP contribution in [-0.4, -0.2) is 11.8 Å². The van der Waals surface area contributed by atoms with Crippen LogP contribution in [0.5, 0.6) is 0 Å². The summed E-state index contributed by atoms with van der Waals surface area (Å²) in [5.74, 6) is 6.06. The molecule has 2 aromatic rings. The van der Waals surface area contributed by atoms with E-state index in [1.807, 2.05) is 12.1 Å². The predicted molar refractivity (Wildman–Crippen MR) is 88.4 cm³/mol. The Balaban J connectivity index is 1.97. The Hall–Kier alpha value is -0.780. The van der Waals surface area contributed by atoms with E-state index in [0.717, 1.165) is 10.5 Å². The van der Waals surface area contributed by atoms with Crippen molar-refractivity contribution in [3.63, 3.8) is 0 Å². The van der Waals surface area contributed by atoms with E-state index in [1.165, 1.54) is 12.1 Å². The third kappa shape index (κ3) is 5.16. The highest BCUT2D eigenvalue weighted by atomic mass is 35.5. The second-order valence-electron chi connectivity index (χ2n) is 4.57. The van der Waals surface area contributed by atoms with Gasteiger partial charge in [0.25, 0.3) is 0 Å². The summed E-state index contributed by atoms with van der Waals surface area (Å²) in [6.45, 7) is 0. The highest BCUT2D eigenvalue weighted by Crippen LogP contribution is 2.24. The highest BCUT2D eigenvalue weighted by Gasteiger charge is 2.11. The van der Waals surface area contributed by atoms with E-state index in [-0.39, 0.29) is 11.9 Å². The summed E-state index contributed by atoms with van der Waals surface area (Å²) >= 11 is 13.6. The number of nitrogens with two attached hydrogens (primary N) is 1. The Kier molecular flexibility index (Phi) is 6.33. The molecule has 2 aromatic carbocycles. The summed E-state index contributed by atoms with van der Waals surface area (Å²) in [6.07, 6.45) is 0.675. The van der Waals surface area contributed by atoms with Crippen molar-refractivity contribution in [2.45, 2.75) is 17.4 Å². The molecule has 0 aliphatic rings. The van der Waals surface area contributed by atoms with Crippen molar-refractivity contribution in [2.75, 3.05) is 5.75 Å². The molecule has 0 fully saturated rings. The van der Waals surface area contributed by atoms with Gasteiger partial charge in [-0.05, 0) is 42.3 Å². The first-order valence-corrected chi connectivity index (χ1v) is 8.11. The van der Waals surface area contributed by atoms with Crippen LogP contribution in [0.4, 0.5) is 4.39 Å². The first-order valence-electron chi connectivity index (χ1n) is 6.37. The maximum absolute atomic E-state index is 13.1. The topological polar surface area (TPSA) is 38.0 Å². The molecule has 2 nitrogen and oxygen atoms in total. The van der Waals surface area contributed by atoms with Crippen molar-refractivity contribution >= 4 is 35.0 Å². The van der Waals surface area contributed by atoms with E-state index in [1.54, 1.807) is 30.0 Å². The molecular weight excluding hydrogens is 330 g/mol. The lowest BCUT2D eigenvalue weighted by atomic mass is 10.1. The Bertz CT molecular complexity index is 610. The molecule has 0 amide bonds. The molecule has 0 aliphatic carbocycles. The fourth-order valence-corrected chi connectivity index (χ4v) is 3.34. The summed E-state index contributed by atoms with van der Waals surface area (Å²) in [5, 5.41) is 1.23. The summed E-state index contributed by atoms with van der Waals surface area (Å²) in [6, 6.07) is 11.9. The summed E-state index contributed by atoms with van der Waals surface area (Å²) in [5.41, 5.74) is 3.75. The SMILES string of the molecule is NNC(CSc1cccc(F)c1)Cc1ccc(Cl)cc1Cl. The minimum absolute atomic E-state index is 0.0249. The molecule has 0 aromatic heterocycles. The largest absolute Gasteiger partial charge is 0.271 e. The van der Waals surface area contributed by atoms with Gasteiger partial charge >= 0.3 is 0 Å². The standard InChI is InChI=1S/C15H15Cl2FN2S/c16-11-5-4-10(15(17)7-11)6-13(20-19)9-21-14-3-1-2-12(18)8-14/h1-5,7-8,13,20H,6,9,19H2. The van der Waals surface area contributed by atoms with Crippen LogP contribution in [0.25, 0.3) is 0 Å². The molecule has 21 heavy (non-hydrogen) atoms. The molecule has 0 bridgehead atoms. The Labute approximate surface area is 137 Å². The summed E-state index contributed by atoms with van der Waals surface area (Å²) < 4.78 is 13.1. The zero-order valence-corrected chi connectivity index (χ0v) is 13.5. The second kappa shape index (κ2) is 8.01. The van der Waals surface area contributed by atoms with Gasteiger partial charge in [-0.2, -0.15) is 0 Å². The van der Waals surface area contributed by atoms with Gasteiger partial charge in [-0.25, -0.2) is 4.39 Å². The molecule has 2 rings (SSSR count). The zero-order chi connectivity index (χ0) is 15.2. The van der Waals surface area contributed by atoms with Gasteiger partial charge in [0, 0.05) is 26.7 Å². The van der Waals surface area contributed by atoms with Gasteiger partial charge in [0.2, 0.25) is 0 Å². The molecule has 1 unspecified atom stereocenters. The molecule has 1 atom stereocenters.